The SMILES string of the molecule is C[C@@H](Nc1ncc2nc(-c3c(Cl)cccc3Cl)n(CC3CCCC3)c2n1)c1ccccc1. The molecule has 0 aliphatic heterocycles. The molecule has 2 aromatic carbocycles. The van der Waals surface area contributed by atoms with E-state index in [1.807, 2.05) is 36.4 Å². The van der Waals surface area contributed by atoms with Crippen molar-refractivity contribution in [3.63, 3.8) is 0 Å². The molecule has 0 amide bonds. The van der Waals surface area contributed by atoms with E-state index >= 15 is 0 Å². The first-order chi connectivity index (χ1) is 15.6. The molecule has 7 heteroatoms. The largest absolute Gasteiger partial charge is 0.348 e. The summed E-state index contributed by atoms with van der Waals surface area (Å²) < 4.78 is 2.18. The summed E-state index contributed by atoms with van der Waals surface area (Å²) in [4.78, 5) is 14.3. The molecule has 0 spiro atoms. The highest BCUT2D eigenvalue weighted by Gasteiger charge is 2.23. The Hall–Kier alpha value is -2.63. The Balaban J connectivity index is 1.58. The number of halogens is 2. The van der Waals surface area contributed by atoms with Gasteiger partial charge in [0, 0.05) is 6.54 Å². The molecule has 2 heterocycles. The van der Waals surface area contributed by atoms with E-state index in [4.69, 9.17) is 33.2 Å². The van der Waals surface area contributed by atoms with Crippen molar-refractivity contribution in [2.45, 2.75) is 45.2 Å². The zero-order chi connectivity index (χ0) is 22.1. The molecule has 4 aromatic rings. The summed E-state index contributed by atoms with van der Waals surface area (Å²) in [6.45, 7) is 2.95. The molecule has 32 heavy (non-hydrogen) atoms. The van der Waals surface area contributed by atoms with Crippen LogP contribution in [0.25, 0.3) is 22.6 Å². The minimum absolute atomic E-state index is 0.0809. The van der Waals surface area contributed by atoms with Crippen molar-refractivity contribution in [1.82, 2.24) is 19.5 Å². The number of imidazole rings is 1. The summed E-state index contributed by atoms with van der Waals surface area (Å²) in [6.07, 6.45) is 6.76. The van der Waals surface area contributed by atoms with Crippen molar-refractivity contribution in [2.24, 2.45) is 5.92 Å². The van der Waals surface area contributed by atoms with Crippen molar-refractivity contribution >= 4 is 40.3 Å². The number of rotatable bonds is 6. The van der Waals surface area contributed by atoms with Crippen molar-refractivity contribution in [3.05, 3.63) is 70.3 Å². The smallest absolute Gasteiger partial charge is 0.225 e. The first-order valence-electron chi connectivity index (χ1n) is 11.1. The molecule has 0 bridgehead atoms. The molecule has 0 saturated heterocycles. The average Bonchev–Trinajstić information content (AvgIpc) is 3.43. The lowest BCUT2D eigenvalue weighted by molar-refractivity contribution is 0.465. The maximum absolute atomic E-state index is 6.56. The van der Waals surface area contributed by atoms with Gasteiger partial charge in [0.05, 0.1) is 27.8 Å². The Bertz CT molecular complexity index is 1210. The maximum Gasteiger partial charge on any atom is 0.225 e. The number of hydrogen-bond donors (Lipinski definition) is 1. The topological polar surface area (TPSA) is 55.6 Å². The number of nitrogens with one attached hydrogen (secondary N) is 1. The fraction of sp³-hybridized carbons (Fsp3) is 0.320. The number of aromatic nitrogens is 4. The summed E-state index contributed by atoms with van der Waals surface area (Å²) >= 11 is 13.1. The van der Waals surface area contributed by atoms with Crippen LogP contribution in [0, 0.1) is 5.92 Å². The van der Waals surface area contributed by atoms with E-state index in [-0.39, 0.29) is 6.04 Å². The molecule has 1 aliphatic rings. The molecule has 1 aliphatic carbocycles. The fourth-order valence-electron chi connectivity index (χ4n) is 4.53. The third-order valence-electron chi connectivity index (χ3n) is 6.23. The Morgan fingerprint density at radius 1 is 1.00 bits per heavy atom. The molecular weight excluding hydrogens is 441 g/mol. The Morgan fingerprint density at radius 2 is 1.72 bits per heavy atom. The first-order valence-corrected chi connectivity index (χ1v) is 11.8. The van der Waals surface area contributed by atoms with E-state index in [1.165, 1.54) is 31.2 Å². The second-order valence-corrected chi connectivity index (χ2v) is 9.29. The molecule has 0 radical (unpaired) electrons. The summed E-state index contributed by atoms with van der Waals surface area (Å²) in [6, 6.07) is 15.9. The van der Waals surface area contributed by atoms with Gasteiger partial charge in [-0.3, -0.25) is 0 Å². The molecule has 164 valence electrons. The Morgan fingerprint density at radius 3 is 2.44 bits per heavy atom. The van der Waals surface area contributed by atoms with Crippen LogP contribution < -0.4 is 5.32 Å². The van der Waals surface area contributed by atoms with Crippen molar-refractivity contribution in [1.29, 1.82) is 0 Å². The molecular formula is C25H25Cl2N5. The molecule has 1 N–H and O–H groups in total. The van der Waals surface area contributed by atoms with E-state index in [9.17, 15) is 0 Å². The summed E-state index contributed by atoms with van der Waals surface area (Å²) in [7, 11) is 0. The zero-order valence-electron chi connectivity index (χ0n) is 17.9. The third kappa shape index (κ3) is 4.19. The highest BCUT2D eigenvalue weighted by molar-refractivity contribution is 6.39. The van der Waals surface area contributed by atoms with Gasteiger partial charge < -0.3 is 9.88 Å². The van der Waals surface area contributed by atoms with Gasteiger partial charge >= 0.3 is 0 Å². The van der Waals surface area contributed by atoms with Crippen molar-refractivity contribution in [3.8, 4) is 11.4 Å². The molecule has 1 saturated carbocycles. The maximum atomic E-state index is 6.56. The van der Waals surface area contributed by atoms with Crippen LogP contribution in [-0.4, -0.2) is 19.5 Å². The van der Waals surface area contributed by atoms with Crippen LogP contribution in [0.2, 0.25) is 10.0 Å². The Kier molecular flexibility index (Phi) is 6.03. The second kappa shape index (κ2) is 9.08. The van der Waals surface area contributed by atoms with Gasteiger partial charge in [-0.05, 0) is 43.4 Å². The Labute approximate surface area is 197 Å². The quantitative estimate of drug-likeness (QED) is 0.328. The molecule has 5 nitrogen and oxygen atoms in total. The van der Waals surface area contributed by atoms with E-state index in [0.29, 0.717) is 21.9 Å². The van der Waals surface area contributed by atoms with Gasteiger partial charge in [-0.1, -0.05) is 72.4 Å². The molecule has 0 unspecified atom stereocenters. The lowest BCUT2D eigenvalue weighted by Gasteiger charge is -2.16. The second-order valence-electron chi connectivity index (χ2n) is 8.47. The lowest BCUT2D eigenvalue weighted by Crippen LogP contribution is -2.12. The monoisotopic (exact) mass is 465 g/mol. The van der Waals surface area contributed by atoms with Crippen LogP contribution in [-0.2, 0) is 6.54 Å². The van der Waals surface area contributed by atoms with E-state index in [1.54, 1.807) is 6.20 Å². The van der Waals surface area contributed by atoms with Crippen LogP contribution >= 0.6 is 23.2 Å². The molecule has 1 atom stereocenters. The zero-order valence-corrected chi connectivity index (χ0v) is 19.4. The minimum Gasteiger partial charge on any atom is -0.348 e. The van der Waals surface area contributed by atoms with E-state index in [0.717, 1.165) is 29.1 Å². The molecule has 5 rings (SSSR count). The number of hydrogen-bond acceptors (Lipinski definition) is 4. The van der Waals surface area contributed by atoms with Gasteiger partial charge in [-0.2, -0.15) is 4.98 Å². The lowest BCUT2D eigenvalue weighted by atomic mass is 10.1. The van der Waals surface area contributed by atoms with Gasteiger partial charge in [0.25, 0.3) is 0 Å². The number of benzene rings is 2. The number of anilines is 1. The number of fused-ring (bicyclic) bond motifs is 1. The predicted octanol–water partition coefficient (Wildman–Crippen LogP) is 7.16. The minimum atomic E-state index is 0.0809. The van der Waals surface area contributed by atoms with Gasteiger partial charge in [-0.25, -0.2) is 9.97 Å². The number of nitrogens with zero attached hydrogens (tertiary/aromatic N) is 4. The predicted molar refractivity (Wildman–Crippen MR) is 131 cm³/mol. The van der Waals surface area contributed by atoms with Gasteiger partial charge in [0.2, 0.25) is 5.95 Å². The third-order valence-corrected chi connectivity index (χ3v) is 6.86. The summed E-state index contributed by atoms with van der Waals surface area (Å²) in [5.74, 6) is 1.94. The van der Waals surface area contributed by atoms with Crippen molar-refractivity contribution in [2.75, 3.05) is 5.32 Å². The van der Waals surface area contributed by atoms with Crippen LogP contribution in [0.1, 0.15) is 44.2 Å². The van der Waals surface area contributed by atoms with Crippen LogP contribution in [0.4, 0.5) is 5.95 Å². The van der Waals surface area contributed by atoms with E-state index < -0.39 is 0 Å². The summed E-state index contributed by atoms with van der Waals surface area (Å²) in [5.41, 5.74) is 3.48. The highest BCUT2D eigenvalue weighted by atomic mass is 35.5. The fourth-order valence-corrected chi connectivity index (χ4v) is 5.10. The summed E-state index contributed by atoms with van der Waals surface area (Å²) in [5, 5.41) is 4.60. The standard InChI is InChI=1S/C25H25Cl2N5/c1-16(18-10-3-2-4-11-18)29-25-28-14-21-23(31-25)32(15-17-8-5-6-9-17)24(30-21)22-19(26)12-7-13-20(22)27/h2-4,7,10-14,16-17H,5-6,8-9,15H2,1H3,(H,28,29,31)/t16-/m1/s1. The van der Waals surface area contributed by atoms with Crippen LogP contribution in [0.15, 0.2) is 54.7 Å². The van der Waals surface area contributed by atoms with Gasteiger partial charge in [0.15, 0.2) is 5.65 Å². The first kappa shape index (κ1) is 21.2. The average molecular weight is 466 g/mol. The highest BCUT2D eigenvalue weighted by Crippen LogP contribution is 2.37. The normalized spacial score (nSPS) is 15.3. The van der Waals surface area contributed by atoms with Gasteiger partial charge in [-0.15, -0.1) is 0 Å². The van der Waals surface area contributed by atoms with E-state index in [2.05, 4.69) is 33.9 Å². The van der Waals surface area contributed by atoms with Crippen molar-refractivity contribution < 1.29 is 0 Å². The van der Waals surface area contributed by atoms with Gasteiger partial charge in [0.1, 0.15) is 11.3 Å². The molecule has 2 aromatic heterocycles. The van der Waals surface area contributed by atoms with Crippen LogP contribution in [0.5, 0.6) is 0 Å². The molecule has 1 fully saturated rings. The van der Waals surface area contributed by atoms with Crippen LogP contribution in [0.3, 0.4) is 0 Å².